The van der Waals surface area contributed by atoms with E-state index in [0.29, 0.717) is 0 Å². The average molecular weight is 165 g/mol. The third kappa shape index (κ3) is 2.55. The van der Waals surface area contributed by atoms with E-state index >= 15 is 0 Å². The van der Waals surface area contributed by atoms with Crippen LogP contribution in [-0.2, 0) is 0 Å². The number of para-hydroxylation sites is 1. The molecule has 1 aromatic carbocycles. The molecule has 2 nitrogen and oxygen atoms in total. The first-order chi connectivity index (χ1) is 5.86. The van der Waals surface area contributed by atoms with Crippen molar-refractivity contribution in [1.82, 2.24) is 0 Å². The van der Waals surface area contributed by atoms with Crippen molar-refractivity contribution in [1.29, 1.82) is 0 Å². The molecule has 0 saturated heterocycles. The van der Waals surface area contributed by atoms with Gasteiger partial charge in [0.15, 0.2) is 0 Å². The summed E-state index contributed by atoms with van der Waals surface area (Å²) < 4.78 is 0. The molecule has 12 heavy (non-hydrogen) atoms. The molecule has 1 atom stereocenters. The predicted molar refractivity (Wildman–Crippen MR) is 51.2 cm³/mol. The molecule has 2 heteroatoms. The highest BCUT2D eigenvalue weighted by molar-refractivity contribution is 5.43. The van der Waals surface area contributed by atoms with Crippen molar-refractivity contribution < 1.29 is 5.11 Å². The lowest BCUT2D eigenvalue weighted by atomic mass is 10.2. The molecule has 0 aliphatic carbocycles. The van der Waals surface area contributed by atoms with Crippen LogP contribution >= 0.6 is 0 Å². The quantitative estimate of drug-likeness (QED) is 0.713. The van der Waals surface area contributed by atoms with Gasteiger partial charge in [0.25, 0.3) is 0 Å². The Hall–Kier alpha value is -1.02. The normalized spacial score (nSPS) is 12.5. The highest BCUT2D eigenvalue weighted by Gasteiger charge is 2.01. The molecule has 0 aliphatic rings. The number of benzene rings is 1. The molecule has 0 unspecified atom stereocenters. The van der Waals surface area contributed by atoms with E-state index in [1.54, 1.807) is 0 Å². The van der Waals surface area contributed by atoms with E-state index in [4.69, 9.17) is 5.11 Å². The molecule has 0 saturated carbocycles. The fourth-order valence-corrected chi connectivity index (χ4v) is 1.05. The lowest BCUT2D eigenvalue weighted by Gasteiger charge is -2.14. The zero-order chi connectivity index (χ0) is 8.81. The minimum atomic E-state index is 0.174. The smallest absolute Gasteiger partial charge is 0.0632 e. The Morgan fingerprint density at radius 3 is 2.50 bits per heavy atom. The summed E-state index contributed by atoms with van der Waals surface area (Å²) in [7, 11) is 0. The number of hydrogen-bond acceptors (Lipinski definition) is 2. The van der Waals surface area contributed by atoms with Crippen LogP contribution in [0.25, 0.3) is 0 Å². The van der Waals surface area contributed by atoms with Gasteiger partial charge in [-0.2, -0.15) is 0 Å². The number of nitrogens with one attached hydrogen (secondary N) is 1. The molecular formula is C10H15NO. The molecule has 0 aliphatic heterocycles. The lowest BCUT2D eigenvalue weighted by molar-refractivity contribution is 0.272. The van der Waals surface area contributed by atoms with E-state index in [9.17, 15) is 0 Å². The van der Waals surface area contributed by atoms with Crippen LogP contribution in [0.1, 0.15) is 13.3 Å². The summed E-state index contributed by atoms with van der Waals surface area (Å²) >= 11 is 0. The number of hydrogen-bond donors (Lipinski definition) is 2. The second-order valence-corrected chi connectivity index (χ2v) is 2.80. The maximum atomic E-state index is 8.92. The van der Waals surface area contributed by atoms with Gasteiger partial charge in [-0.25, -0.2) is 0 Å². The van der Waals surface area contributed by atoms with E-state index in [1.165, 1.54) is 0 Å². The minimum absolute atomic E-state index is 0.174. The highest BCUT2D eigenvalue weighted by Crippen LogP contribution is 2.07. The Morgan fingerprint density at radius 1 is 1.33 bits per heavy atom. The summed E-state index contributed by atoms with van der Waals surface area (Å²) in [5.74, 6) is 0. The molecule has 0 aromatic heterocycles. The summed E-state index contributed by atoms with van der Waals surface area (Å²) in [5, 5.41) is 12.2. The SMILES string of the molecule is CC[C@@H](CO)Nc1ccccc1. The van der Waals surface area contributed by atoms with Crippen LogP contribution in [0, 0.1) is 0 Å². The van der Waals surface area contributed by atoms with Gasteiger partial charge in [-0.1, -0.05) is 25.1 Å². The molecule has 1 aromatic rings. The van der Waals surface area contributed by atoms with Gasteiger partial charge < -0.3 is 10.4 Å². The van der Waals surface area contributed by atoms with Crippen LogP contribution in [0.5, 0.6) is 0 Å². The average Bonchev–Trinajstić information content (AvgIpc) is 2.16. The topological polar surface area (TPSA) is 32.3 Å². The van der Waals surface area contributed by atoms with Crippen molar-refractivity contribution in [3.63, 3.8) is 0 Å². The van der Waals surface area contributed by atoms with Gasteiger partial charge in [0.2, 0.25) is 0 Å². The van der Waals surface area contributed by atoms with Crippen LogP contribution < -0.4 is 5.32 Å². The van der Waals surface area contributed by atoms with Crippen LogP contribution in [0.15, 0.2) is 30.3 Å². The van der Waals surface area contributed by atoms with Crippen LogP contribution in [0.2, 0.25) is 0 Å². The third-order valence-electron chi connectivity index (χ3n) is 1.86. The van der Waals surface area contributed by atoms with Crippen molar-refractivity contribution in [2.24, 2.45) is 0 Å². The summed E-state index contributed by atoms with van der Waals surface area (Å²) in [6, 6.07) is 10.1. The first-order valence-electron chi connectivity index (χ1n) is 4.29. The molecule has 0 heterocycles. The van der Waals surface area contributed by atoms with Crippen molar-refractivity contribution in [2.45, 2.75) is 19.4 Å². The van der Waals surface area contributed by atoms with Crippen LogP contribution in [0.4, 0.5) is 5.69 Å². The van der Waals surface area contributed by atoms with Crippen molar-refractivity contribution in [3.05, 3.63) is 30.3 Å². The molecule has 0 bridgehead atoms. The Kier molecular flexibility index (Phi) is 3.61. The Balaban J connectivity index is 2.51. The second kappa shape index (κ2) is 4.78. The molecular weight excluding hydrogens is 150 g/mol. The zero-order valence-corrected chi connectivity index (χ0v) is 7.33. The largest absolute Gasteiger partial charge is 0.394 e. The van der Waals surface area contributed by atoms with Gasteiger partial charge in [-0.3, -0.25) is 0 Å². The van der Waals surface area contributed by atoms with E-state index in [2.05, 4.69) is 12.2 Å². The standard InChI is InChI=1S/C10H15NO/c1-2-9(8-12)11-10-6-4-3-5-7-10/h3-7,9,11-12H,2,8H2,1H3/t9-/m0/s1. The number of aliphatic hydroxyl groups excluding tert-OH is 1. The highest BCUT2D eigenvalue weighted by atomic mass is 16.3. The van der Waals surface area contributed by atoms with Crippen molar-refractivity contribution >= 4 is 5.69 Å². The monoisotopic (exact) mass is 165 g/mol. The first kappa shape index (κ1) is 9.07. The van der Waals surface area contributed by atoms with Gasteiger partial charge in [0, 0.05) is 11.7 Å². The first-order valence-corrected chi connectivity index (χ1v) is 4.29. The summed E-state index contributed by atoms with van der Waals surface area (Å²) in [6.45, 7) is 2.24. The molecule has 0 fully saturated rings. The van der Waals surface area contributed by atoms with E-state index in [1.807, 2.05) is 30.3 Å². The Labute approximate surface area is 73.2 Å². The fraction of sp³-hybridized carbons (Fsp3) is 0.400. The van der Waals surface area contributed by atoms with Gasteiger partial charge in [0.05, 0.1) is 6.61 Å². The molecule has 0 radical (unpaired) electrons. The van der Waals surface area contributed by atoms with Crippen LogP contribution in [-0.4, -0.2) is 17.8 Å². The molecule has 66 valence electrons. The number of rotatable bonds is 4. The lowest BCUT2D eigenvalue weighted by Crippen LogP contribution is -2.22. The maximum Gasteiger partial charge on any atom is 0.0632 e. The molecule has 1 rings (SSSR count). The minimum Gasteiger partial charge on any atom is -0.394 e. The van der Waals surface area contributed by atoms with E-state index in [-0.39, 0.29) is 12.6 Å². The van der Waals surface area contributed by atoms with E-state index in [0.717, 1.165) is 12.1 Å². The van der Waals surface area contributed by atoms with Gasteiger partial charge in [0.1, 0.15) is 0 Å². The number of anilines is 1. The zero-order valence-electron chi connectivity index (χ0n) is 7.33. The van der Waals surface area contributed by atoms with Gasteiger partial charge in [-0.05, 0) is 18.6 Å². The van der Waals surface area contributed by atoms with Crippen molar-refractivity contribution in [3.8, 4) is 0 Å². The maximum absolute atomic E-state index is 8.92. The Bertz CT molecular complexity index is 206. The molecule has 2 N–H and O–H groups in total. The summed E-state index contributed by atoms with van der Waals surface area (Å²) in [5.41, 5.74) is 1.07. The van der Waals surface area contributed by atoms with Gasteiger partial charge in [-0.15, -0.1) is 0 Å². The summed E-state index contributed by atoms with van der Waals surface area (Å²) in [4.78, 5) is 0. The number of aliphatic hydroxyl groups is 1. The predicted octanol–water partition coefficient (Wildman–Crippen LogP) is 1.87. The fourth-order valence-electron chi connectivity index (χ4n) is 1.05. The second-order valence-electron chi connectivity index (χ2n) is 2.80. The van der Waals surface area contributed by atoms with Crippen molar-refractivity contribution in [2.75, 3.05) is 11.9 Å². The summed E-state index contributed by atoms with van der Waals surface area (Å²) in [6.07, 6.45) is 0.936. The van der Waals surface area contributed by atoms with E-state index < -0.39 is 0 Å². The Morgan fingerprint density at radius 2 is 2.00 bits per heavy atom. The third-order valence-corrected chi connectivity index (χ3v) is 1.86. The van der Waals surface area contributed by atoms with Crippen LogP contribution in [0.3, 0.4) is 0 Å². The molecule has 0 spiro atoms. The molecule has 0 amide bonds. The van der Waals surface area contributed by atoms with Gasteiger partial charge >= 0.3 is 0 Å².